The second-order valence-electron chi connectivity index (χ2n) is 4.21. The van der Waals surface area contributed by atoms with E-state index in [1.807, 2.05) is 6.20 Å². The van der Waals surface area contributed by atoms with Crippen molar-refractivity contribution in [3.63, 3.8) is 0 Å². The third kappa shape index (κ3) is 2.99. The van der Waals surface area contributed by atoms with E-state index in [1.165, 1.54) is 11.7 Å². The number of nitrogens with zero attached hydrogens (tertiary/aromatic N) is 2. The zero-order valence-electron chi connectivity index (χ0n) is 9.69. The molecule has 16 heavy (non-hydrogen) atoms. The summed E-state index contributed by atoms with van der Waals surface area (Å²) in [6, 6.07) is 0.364. The van der Waals surface area contributed by atoms with Crippen molar-refractivity contribution >= 4 is 11.7 Å². The van der Waals surface area contributed by atoms with Crippen molar-refractivity contribution in [2.75, 3.05) is 19.8 Å². The summed E-state index contributed by atoms with van der Waals surface area (Å²) in [7, 11) is 0. The number of nitrogens with one attached hydrogen (secondary N) is 1. The van der Waals surface area contributed by atoms with Crippen molar-refractivity contribution in [2.24, 2.45) is 5.92 Å². The van der Waals surface area contributed by atoms with Crippen LogP contribution in [0.3, 0.4) is 0 Å². The van der Waals surface area contributed by atoms with Crippen LogP contribution in [0.15, 0.2) is 6.20 Å². The molecule has 0 spiro atoms. The fourth-order valence-electron chi connectivity index (χ4n) is 2.17. The van der Waals surface area contributed by atoms with E-state index in [9.17, 15) is 0 Å². The molecule has 1 aromatic heterocycles. The van der Waals surface area contributed by atoms with Gasteiger partial charge < -0.3 is 10.1 Å². The van der Waals surface area contributed by atoms with Crippen molar-refractivity contribution in [1.82, 2.24) is 14.1 Å². The summed E-state index contributed by atoms with van der Waals surface area (Å²) in [5, 5.41) is 3.59. The minimum Gasteiger partial charge on any atom is -0.381 e. The van der Waals surface area contributed by atoms with Crippen molar-refractivity contribution in [3.8, 4) is 0 Å². The Hall–Kier alpha value is -0.520. The van der Waals surface area contributed by atoms with Crippen LogP contribution >= 0.6 is 11.7 Å². The molecule has 0 aliphatic carbocycles. The first-order valence-electron chi connectivity index (χ1n) is 6.00. The molecule has 1 aliphatic heterocycles. The third-order valence-electron chi connectivity index (χ3n) is 3.05. The lowest BCUT2D eigenvalue weighted by molar-refractivity contribution is 0.0532. The molecule has 0 radical (unpaired) electrons. The quantitative estimate of drug-likeness (QED) is 0.856. The maximum absolute atomic E-state index is 5.41. The molecule has 0 saturated carbocycles. The minimum absolute atomic E-state index is 0.364. The smallest absolute Gasteiger partial charge is 0.0915 e. The fraction of sp³-hybridized carbons (Fsp3) is 0.818. The first-order valence-corrected chi connectivity index (χ1v) is 6.73. The molecule has 1 unspecified atom stereocenters. The van der Waals surface area contributed by atoms with Gasteiger partial charge in [0.1, 0.15) is 0 Å². The van der Waals surface area contributed by atoms with Crippen LogP contribution in [-0.2, 0) is 4.74 Å². The van der Waals surface area contributed by atoms with Crippen LogP contribution in [0.1, 0.15) is 37.9 Å². The van der Waals surface area contributed by atoms with E-state index in [-0.39, 0.29) is 0 Å². The summed E-state index contributed by atoms with van der Waals surface area (Å²) in [5.74, 6) is 0.643. The van der Waals surface area contributed by atoms with Crippen LogP contribution < -0.4 is 5.32 Å². The van der Waals surface area contributed by atoms with Crippen molar-refractivity contribution in [1.29, 1.82) is 0 Å². The van der Waals surface area contributed by atoms with Crippen LogP contribution in [-0.4, -0.2) is 28.5 Å². The van der Waals surface area contributed by atoms with E-state index in [0.717, 1.165) is 44.7 Å². The van der Waals surface area contributed by atoms with Gasteiger partial charge in [-0.05, 0) is 31.7 Å². The third-order valence-corrected chi connectivity index (χ3v) is 3.54. The molecule has 90 valence electrons. The Kier molecular flexibility index (Phi) is 4.69. The standard InChI is InChI=1S/C11H19N3OS/c1-2-5-12-11(10-8-13-16-14-10)9-3-6-15-7-4-9/h8-9,11-12H,2-7H2,1H3. The summed E-state index contributed by atoms with van der Waals surface area (Å²) in [6.07, 6.45) is 5.29. The topological polar surface area (TPSA) is 47.0 Å². The fourth-order valence-corrected chi connectivity index (χ4v) is 2.63. The van der Waals surface area contributed by atoms with Gasteiger partial charge in [0.05, 0.1) is 29.7 Å². The van der Waals surface area contributed by atoms with Crippen LogP contribution in [0.4, 0.5) is 0 Å². The Morgan fingerprint density at radius 3 is 3.00 bits per heavy atom. The average Bonchev–Trinajstić information content (AvgIpc) is 2.85. The highest BCUT2D eigenvalue weighted by atomic mass is 32.1. The van der Waals surface area contributed by atoms with Gasteiger partial charge in [0.2, 0.25) is 0 Å². The minimum atomic E-state index is 0.364. The van der Waals surface area contributed by atoms with Crippen LogP contribution in [0.25, 0.3) is 0 Å². The van der Waals surface area contributed by atoms with Gasteiger partial charge in [0, 0.05) is 13.2 Å². The summed E-state index contributed by atoms with van der Waals surface area (Å²) >= 11 is 1.29. The Labute approximate surface area is 101 Å². The molecule has 2 heterocycles. The Bertz CT molecular complexity index is 285. The van der Waals surface area contributed by atoms with Crippen LogP contribution in [0.5, 0.6) is 0 Å². The number of aromatic nitrogens is 2. The lowest BCUT2D eigenvalue weighted by Gasteiger charge is -2.29. The van der Waals surface area contributed by atoms with E-state index in [4.69, 9.17) is 4.74 Å². The van der Waals surface area contributed by atoms with Crippen LogP contribution in [0, 0.1) is 5.92 Å². The molecule has 1 saturated heterocycles. The Balaban J connectivity index is 2.01. The van der Waals surface area contributed by atoms with Gasteiger partial charge in [-0.2, -0.15) is 8.75 Å². The molecular weight excluding hydrogens is 222 g/mol. The van der Waals surface area contributed by atoms with Crippen molar-refractivity contribution in [2.45, 2.75) is 32.2 Å². The first kappa shape index (κ1) is 12.0. The second-order valence-corrected chi connectivity index (χ2v) is 4.77. The van der Waals surface area contributed by atoms with Crippen molar-refractivity contribution in [3.05, 3.63) is 11.9 Å². The lowest BCUT2D eigenvalue weighted by atomic mass is 9.90. The van der Waals surface area contributed by atoms with E-state index >= 15 is 0 Å². The highest BCUT2D eigenvalue weighted by molar-refractivity contribution is 6.99. The molecule has 1 aliphatic rings. The number of hydrogen-bond acceptors (Lipinski definition) is 5. The average molecular weight is 241 g/mol. The summed E-state index contributed by atoms with van der Waals surface area (Å²) in [5.41, 5.74) is 1.10. The largest absolute Gasteiger partial charge is 0.381 e. The highest BCUT2D eigenvalue weighted by Crippen LogP contribution is 2.29. The normalized spacial score (nSPS) is 19.8. The number of ether oxygens (including phenoxy) is 1. The first-order chi connectivity index (χ1) is 7.92. The van der Waals surface area contributed by atoms with Gasteiger partial charge in [-0.15, -0.1) is 0 Å². The molecule has 5 heteroatoms. The maximum Gasteiger partial charge on any atom is 0.0915 e. The molecule has 1 N–H and O–H groups in total. The number of rotatable bonds is 5. The SMILES string of the molecule is CCCNC(c1cnsn1)C1CCOCC1. The lowest BCUT2D eigenvalue weighted by Crippen LogP contribution is -2.32. The highest BCUT2D eigenvalue weighted by Gasteiger charge is 2.26. The van der Waals surface area contributed by atoms with Crippen molar-refractivity contribution < 1.29 is 4.74 Å². The Morgan fingerprint density at radius 2 is 2.38 bits per heavy atom. The molecule has 2 rings (SSSR count). The van der Waals surface area contributed by atoms with Crippen LogP contribution in [0.2, 0.25) is 0 Å². The molecule has 0 aromatic carbocycles. The van der Waals surface area contributed by atoms with E-state index < -0.39 is 0 Å². The molecule has 1 fully saturated rings. The molecular formula is C11H19N3OS. The summed E-state index contributed by atoms with van der Waals surface area (Å²) in [4.78, 5) is 0. The zero-order valence-corrected chi connectivity index (χ0v) is 10.5. The molecule has 0 bridgehead atoms. The molecule has 0 amide bonds. The zero-order chi connectivity index (χ0) is 11.2. The Morgan fingerprint density at radius 1 is 1.56 bits per heavy atom. The van der Waals surface area contributed by atoms with Gasteiger partial charge in [0.25, 0.3) is 0 Å². The molecule has 4 nitrogen and oxygen atoms in total. The van der Waals surface area contributed by atoms with E-state index in [2.05, 4.69) is 21.0 Å². The van der Waals surface area contributed by atoms with Gasteiger partial charge in [-0.1, -0.05) is 6.92 Å². The van der Waals surface area contributed by atoms with E-state index in [0.29, 0.717) is 12.0 Å². The second kappa shape index (κ2) is 6.27. The maximum atomic E-state index is 5.41. The predicted octanol–water partition coefficient (Wildman–Crippen LogP) is 2.01. The molecule has 1 aromatic rings. The summed E-state index contributed by atoms with van der Waals surface area (Å²) in [6.45, 7) is 4.99. The predicted molar refractivity (Wildman–Crippen MR) is 64.5 cm³/mol. The monoisotopic (exact) mass is 241 g/mol. The number of hydrogen-bond donors (Lipinski definition) is 1. The molecule has 1 atom stereocenters. The van der Waals surface area contributed by atoms with Gasteiger partial charge in [-0.25, -0.2) is 0 Å². The van der Waals surface area contributed by atoms with Gasteiger partial charge in [-0.3, -0.25) is 0 Å². The summed E-state index contributed by atoms with van der Waals surface area (Å²) < 4.78 is 13.9. The van der Waals surface area contributed by atoms with Gasteiger partial charge >= 0.3 is 0 Å². The van der Waals surface area contributed by atoms with E-state index in [1.54, 1.807) is 0 Å². The van der Waals surface area contributed by atoms with Gasteiger partial charge in [0.15, 0.2) is 0 Å².